The van der Waals surface area contributed by atoms with Crippen molar-refractivity contribution < 1.29 is 17.9 Å². The number of hydrogen-bond acceptors (Lipinski definition) is 4. The van der Waals surface area contributed by atoms with Crippen molar-refractivity contribution >= 4 is 49.7 Å². The van der Waals surface area contributed by atoms with E-state index in [4.69, 9.17) is 16.3 Å². The zero-order valence-corrected chi connectivity index (χ0v) is 17.8. The second-order valence-corrected chi connectivity index (χ2v) is 8.90. The second kappa shape index (κ2) is 8.31. The fourth-order valence-corrected chi connectivity index (χ4v) is 4.47. The maximum Gasteiger partial charge on any atom is 0.247 e. The summed E-state index contributed by atoms with van der Waals surface area (Å²) in [5.74, 6) is -0.182. The van der Waals surface area contributed by atoms with Crippen LogP contribution in [-0.4, -0.2) is 33.7 Å². The molecule has 3 rings (SSSR count). The van der Waals surface area contributed by atoms with E-state index in [2.05, 4.69) is 5.32 Å². The first-order valence-electron chi connectivity index (χ1n) is 8.83. The molecule has 1 N–H and O–H groups in total. The molecule has 0 saturated heterocycles. The Morgan fingerprint density at radius 1 is 1.07 bits per heavy atom. The quantitative estimate of drug-likeness (QED) is 0.630. The molecule has 6 nitrogen and oxygen atoms in total. The Kier molecular flexibility index (Phi) is 6.00. The van der Waals surface area contributed by atoms with Crippen LogP contribution in [0.15, 0.2) is 60.7 Å². The lowest BCUT2D eigenvalue weighted by Crippen LogP contribution is -2.45. The van der Waals surface area contributed by atoms with Crippen molar-refractivity contribution in [3.05, 3.63) is 65.7 Å². The molecule has 1 atom stereocenters. The number of benzene rings is 3. The SMILES string of the molecule is COc1ccc(Cl)cc1N([C@H](C)C(=O)Nc1ccc2ccccc2c1)S(C)(=O)=O. The van der Waals surface area contributed by atoms with E-state index in [1.54, 1.807) is 18.2 Å². The summed E-state index contributed by atoms with van der Waals surface area (Å²) in [4.78, 5) is 12.9. The van der Waals surface area contributed by atoms with E-state index >= 15 is 0 Å². The zero-order valence-electron chi connectivity index (χ0n) is 16.2. The Labute approximate surface area is 175 Å². The summed E-state index contributed by atoms with van der Waals surface area (Å²) in [5, 5.41) is 5.13. The first-order valence-corrected chi connectivity index (χ1v) is 11.1. The Bertz CT molecular complexity index is 1160. The summed E-state index contributed by atoms with van der Waals surface area (Å²) in [6, 6.07) is 16.8. The van der Waals surface area contributed by atoms with Gasteiger partial charge in [0, 0.05) is 10.7 Å². The van der Waals surface area contributed by atoms with Crippen molar-refractivity contribution in [2.45, 2.75) is 13.0 Å². The Morgan fingerprint density at radius 3 is 2.41 bits per heavy atom. The molecule has 0 aliphatic heterocycles. The lowest BCUT2D eigenvalue weighted by Gasteiger charge is -2.29. The van der Waals surface area contributed by atoms with E-state index in [0.717, 1.165) is 21.3 Å². The van der Waals surface area contributed by atoms with Crippen LogP contribution in [0.1, 0.15) is 6.92 Å². The summed E-state index contributed by atoms with van der Waals surface area (Å²) in [6.07, 6.45) is 1.03. The third kappa shape index (κ3) is 4.63. The van der Waals surface area contributed by atoms with Crippen molar-refractivity contribution in [1.82, 2.24) is 0 Å². The number of methoxy groups -OCH3 is 1. The van der Waals surface area contributed by atoms with Gasteiger partial charge in [0.25, 0.3) is 0 Å². The molecule has 0 bridgehead atoms. The van der Waals surface area contributed by atoms with Crippen LogP contribution in [0, 0.1) is 0 Å². The lowest BCUT2D eigenvalue weighted by molar-refractivity contribution is -0.116. The van der Waals surface area contributed by atoms with Gasteiger partial charge in [-0.3, -0.25) is 9.10 Å². The van der Waals surface area contributed by atoms with Gasteiger partial charge in [-0.1, -0.05) is 41.9 Å². The normalized spacial score (nSPS) is 12.4. The predicted octanol–water partition coefficient (Wildman–Crippen LogP) is 4.30. The van der Waals surface area contributed by atoms with E-state index in [1.165, 1.54) is 20.1 Å². The first-order chi connectivity index (χ1) is 13.7. The number of nitrogens with zero attached hydrogens (tertiary/aromatic N) is 1. The first kappa shape index (κ1) is 21.0. The van der Waals surface area contributed by atoms with Crippen molar-refractivity contribution in [2.24, 2.45) is 0 Å². The standard InChI is InChI=1S/C21H21ClN2O4S/c1-14(21(25)23-18-10-8-15-6-4-5-7-16(15)12-18)24(29(3,26)27)19-13-17(22)9-11-20(19)28-2/h4-14H,1-3H3,(H,23,25)/t14-/m1/s1. The molecule has 0 saturated carbocycles. The van der Waals surface area contributed by atoms with Crippen molar-refractivity contribution in [1.29, 1.82) is 0 Å². The van der Waals surface area contributed by atoms with Crippen LogP contribution in [0.25, 0.3) is 10.8 Å². The van der Waals surface area contributed by atoms with Gasteiger partial charge in [-0.05, 0) is 48.0 Å². The number of carbonyl (C=O) groups excluding carboxylic acids is 1. The van der Waals surface area contributed by atoms with Crippen LogP contribution in [0.3, 0.4) is 0 Å². The number of nitrogens with one attached hydrogen (secondary N) is 1. The highest BCUT2D eigenvalue weighted by Gasteiger charge is 2.31. The number of sulfonamides is 1. The fraction of sp³-hybridized carbons (Fsp3) is 0.190. The van der Waals surface area contributed by atoms with Crippen LogP contribution in [-0.2, 0) is 14.8 Å². The topological polar surface area (TPSA) is 75.7 Å². The fourth-order valence-electron chi connectivity index (χ4n) is 3.13. The molecular formula is C21H21ClN2O4S. The van der Waals surface area contributed by atoms with Crippen LogP contribution in [0.5, 0.6) is 5.75 Å². The van der Waals surface area contributed by atoms with E-state index in [-0.39, 0.29) is 5.69 Å². The predicted molar refractivity (Wildman–Crippen MR) is 117 cm³/mol. The minimum atomic E-state index is -3.80. The lowest BCUT2D eigenvalue weighted by atomic mass is 10.1. The monoisotopic (exact) mass is 432 g/mol. The molecule has 0 fully saturated rings. The summed E-state index contributed by atoms with van der Waals surface area (Å²) >= 11 is 6.06. The minimum Gasteiger partial charge on any atom is -0.495 e. The maximum absolute atomic E-state index is 12.9. The Morgan fingerprint density at radius 2 is 1.76 bits per heavy atom. The van der Waals surface area contributed by atoms with Gasteiger partial charge in [0.05, 0.1) is 19.1 Å². The molecule has 0 spiro atoms. The van der Waals surface area contributed by atoms with Gasteiger partial charge < -0.3 is 10.1 Å². The van der Waals surface area contributed by atoms with Crippen LogP contribution in [0.4, 0.5) is 11.4 Å². The summed E-state index contributed by atoms with van der Waals surface area (Å²) < 4.78 is 31.3. The smallest absolute Gasteiger partial charge is 0.247 e. The molecule has 0 aliphatic rings. The Hall–Kier alpha value is -2.77. The molecule has 0 heterocycles. The molecule has 8 heteroatoms. The summed E-state index contributed by atoms with van der Waals surface area (Å²) in [5.41, 5.74) is 0.774. The number of fused-ring (bicyclic) bond motifs is 1. The summed E-state index contributed by atoms with van der Waals surface area (Å²) in [7, 11) is -2.38. The van der Waals surface area contributed by atoms with Crippen LogP contribution < -0.4 is 14.4 Å². The Balaban J connectivity index is 1.94. The van der Waals surface area contributed by atoms with Crippen molar-refractivity contribution in [2.75, 3.05) is 23.0 Å². The number of anilines is 2. The second-order valence-electron chi connectivity index (χ2n) is 6.60. The van der Waals surface area contributed by atoms with Gasteiger partial charge in [0.15, 0.2) is 0 Å². The number of hydrogen-bond donors (Lipinski definition) is 1. The van der Waals surface area contributed by atoms with Gasteiger partial charge in [0.1, 0.15) is 11.8 Å². The summed E-state index contributed by atoms with van der Waals surface area (Å²) in [6.45, 7) is 1.51. The zero-order chi connectivity index (χ0) is 21.2. The van der Waals surface area contributed by atoms with E-state index in [1.807, 2.05) is 36.4 Å². The molecular weight excluding hydrogens is 412 g/mol. The highest BCUT2D eigenvalue weighted by Crippen LogP contribution is 2.34. The minimum absolute atomic E-state index is 0.198. The molecule has 0 radical (unpaired) electrons. The number of halogens is 1. The average Bonchev–Trinajstić information content (AvgIpc) is 2.67. The third-order valence-corrected chi connectivity index (χ3v) is 5.95. The molecule has 3 aromatic rings. The molecule has 0 unspecified atom stereocenters. The highest BCUT2D eigenvalue weighted by molar-refractivity contribution is 7.92. The van der Waals surface area contributed by atoms with Gasteiger partial charge >= 0.3 is 0 Å². The van der Waals surface area contributed by atoms with Gasteiger partial charge in [-0.25, -0.2) is 8.42 Å². The molecule has 0 aromatic heterocycles. The molecule has 3 aromatic carbocycles. The van der Waals surface area contributed by atoms with E-state index < -0.39 is 22.0 Å². The molecule has 29 heavy (non-hydrogen) atoms. The number of carbonyl (C=O) groups is 1. The van der Waals surface area contributed by atoms with Crippen LogP contribution in [0.2, 0.25) is 5.02 Å². The van der Waals surface area contributed by atoms with Crippen molar-refractivity contribution in [3.8, 4) is 5.75 Å². The van der Waals surface area contributed by atoms with Gasteiger partial charge in [0.2, 0.25) is 15.9 Å². The largest absolute Gasteiger partial charge is 0.495 e. The molecule has 0 aliphatic carbocycles. The van der Waals surface area contributed by atoms with Crippen molar-refractivity contribution in [3.63, 3.8) is 0 Å². The average molecular weight is 433 g/mol. The number of rotatable bonds is 6. The third-order valence-electron chi connectivity index (χ3n) is 4.48. The number of ether oxygens (including phenoxy) is 1. The molecule has 152 valence electrons. The highest BCUT2D eigenvalue weighted by atomic mass is 35.5. The van der Waals surface area contributed by atoms with E-state index in [9.17, 15) is 13.2 Å². The van der Waals surface area contributed by atoms with Crippen LogP contribution >= 0.6 is 11.6 Å². The van der Waals surface area contributed by atoms with E-state index in [0.29, 0.717) is 16.5 Å². The number of amides is 1. The van der Waals surface area contributed by atoms with Gasteiger partial charge in [-0.2, -0.15) is 0 Å². The molecule has 1 amide bonds. The van der Waals surface area contributed by atoms with Gasteiger partial charge in [-0.15, -0.1) is 0 Å². The maximum atomic E-state index is 12.9.